The molecular formula is C13H16O. The number of Topliss-reactive ketones (excluding diaryl/α,β-unsaturated/α-hetero) is 1. The summed E-state index contributed by atoms with van der Waals surface area (Å²) in [5, 5.41) is 0. The average Bonchev–Trinajstić information content (AvgIpc) is 2.41. The van der Waals surface area contributed by atoms with Crippen molar-refractivity contribution in [1.82, 2.24) is 0 Å². The van der Waals surface area contributed by atoms with Crippen LogP contribution in [-0.2, 0) is 12.8 Å². The molecule has 1 aliphatic rings. The Kier molecular flexibility index (Phi) is 2.67. The van der Waals surface area contributed by atoms with E-state index in [2.05, 4.69) is 12.1 Å². The van der Waals surface area contributed by atoms with Gasteiger partial charge < -0.3 is 0 Å². The lowest BCUT2D eigenvalue weighted by Gasteiger charge is -2.06. The molecule has 2 rings (SSSR count). The van der Waals surface area contributed by atoms with Crippen LogP contribution < -0.4 is 0 Å². The highest BCUT2D eigenvalue weighted by atomic mass is 16.1. The molecule has 1 aromatic carbocycles. The molecule has 1 aliphatic carbocycles. The summed E-state index contributed by atoms with van der Waals surface area (Å²) in [6, 6.07) is 6.19. The summed E-state index contributed by atoms with van der Waals surface area (Å²) in [4.78, 5) is 11.2. The zero-order valence-electron chi connectivity index (χ0n) is 8.68. The van der Waals surface area contributed by atoms with E-state index in [9.17, 15) is 4.79 Å². The van der Waals surface area contributed by atoms with Gasteiger partial charge in [0.05, 0.1) is 0 Å². The Morgan fingerprint density at radius 3 is 2.50 bits per heavy atom. The second-order valence-electron chi connectivity index (χ2n) is 4.10. The third kappa shape index (κ3) is 1.87. The Hall–Kier alpha value is -1.11. The van der Waals surface area contributed by atoms with Gasteiger partial charge in [0.2, 0.25) is 0 Å². The van der Waals surface area contributed by atoms with Gasteiger partial charge in [0, 0.05) is 5.56 Å². The summed E-state index contributed by atoms with van der Waals surface area (Å²) in [6.07, 6.45) is 6.23. The van der Waals surface area contributed by atoms with Crippen molar-refractivity contribution in [2.75, 3.05) is 0 Å². The van der Waals surface area contributed by atoms with Crippen molar-refractivity contribution in [1.29, 1.82) is 0 Å². The standard InChI is InChI=1S/C13H16O/c1-10(14)12-8-7-11-5-3-2-4-6-13(11)9-12/h7-9H,2-6H2,1H3. The first kappa shape index (κ1) is 9.45. The molecule has 0 fully saturated rings. The SMILES string of the molecule is CC(=O)c1ccc2c(c1)CCCCC2. The van der Waals surface area contributed by atoms with Crippen LogP contribution in [0.3, 0.4) is 0 Å². The maximum absolute atomic E-state index is 11.2. The van der Waals surface area contributed by atoms with Crippen molar-refractivity contribution in [3.05, 3.63) is 34.9 Å². The lowest BCUT2D eigenvalue weighted by atomic mass is 9.99. The summed E-state index contributed by atoms with van der Waals surface area (Å²) in [6.45, 7) is 1.64. The minimum atomic E-state index is 0.178. The minimum absolute atomic E-state index is 0.178. The quantitative estimate of drug-likeness (QED) is 0.488. The van der Waals surface area contributed by atoms with E-state index in [-0.39, 0.29) is 5.78 Å². The molecule has 0 saturated carbocycles. The molecule has 0 heterocycles. The second-order valence-corrected chi connectivity index (χ2v) is 4.10. The van der Waals surface area contributed by atoms with Crippen LogP contribution in [0.15, 0.2) is 18.2 Å². The first-order valence-corrected chi connectivity index (χ1v) is 5.40. The monoisotopic (exact) mass is 188 g/mol. The molecule has 14 heavy (non-hydrogen) atoms. The predicted octanol–water partition coefficient (Wildman–Crippen LogP) is 3.16. The number of fused-ring (bicyclic) bond motifs is 1. The summed E-state index contributed by atoms with van der Waals surface area (Å²) < 4.78 is 0. The van der Waals surface area contributed by atoms with Crippen LogP contribution in [0.2, 0.25) is 0 Å². The molecule has 1 aromatic rings. The fraction of sp³-hybridized carbons (Fsp3) is 0.462. The highest BCUT2D eigenvalue weighted by Crippen LogP contribution is 2.21. The van der Waals surface area contributed by atoms with Gasteiger partial charge in [-0.3, -0.25) is 4.79 Å². The fourth-order valence-electron chi connectivity index (χ4n) is 2.13. The number of benzene rings is 1. The first-order valence-electron chi connectivity index (χ1n) is 5.40. The van der Waals surface area contributed by atoms with E-state index >= 15 is 0 Å². The zero-order valence-corrected chi connectivity index (χ0v) is 8.68. The molecule has 0 saturated heterocycles. The first-order chi connectivity index (χ1) is 6.77. The van der Waals surface area contributed by atoms with Gasteiger partial charge in [0.15, 0.2) is 5.78 Å². The van der Waals surface area contributed by atoms with Crippen LogP contribution in [0.1, 0.15) is 47.7 Å². The van der Waals surface area contributed by atoms with E-state index in [1.165, 1.54) is 36.8 Å². The van der Waals surface area contributed by atoms with Crippen LogP contribution >= 0.6 is 0 Å². The molecule has 0 N–H and O–H groups in total. The van der Waals surface area contributed by atoms with E-state index in [1.807, 2.05) is 6.07 Å². The van der Waals surface area contributed by atoms with Crippen LogP contribution in [0.25, 0.3) is 0 Å². The molecule has 0 unspecified atom stereocenters. The van der Waals surface area contributed by atoms with Crippen molar-refractivity contribution in [2.24, 2.45) is 0 Å². The van der Waals surface area contributed by atoms with Gasteiger partial charge in [0.25, 0.3) is 0 Å². The normalized spacial score (nSPS) is 15.8. The molecule has 0 radical (unpaired) electrons. The van der Waals surface area contributed by atoms with E-state index in [1.54, 1.807) is 6.92 Å². The molecule has 0 amide bonds. The minimum Gasteiger partial charge on any atom is -0.295 e. The number of ketones is 1. The Bertz CT molecular complexity index is 352. The van der Waals surface area contributed by atoms with Crippen molar-refractivity contribution >= 4 is 5.78 Å². The van der Waals surface area contributed by atoms with Gasteiger partial charge in [-0.15, -0.1) is 0 Å². The summed E-state index contributed by atoms with van der Waals surface area (Å²) in [5.41, 5.74) is 3.72. The molecule has 1 nitrogen and oxygen atoms in total. The lowest BCUT2D eigenvalue weighted by Crippen LogP contribution is -1.97. The molecular weight excluding hydrogens is 172 g/mol. The average molecular weight is 188 g/mol. The smallest absolute Gasteiger partial charge is 0.159 e. The maximum atomic E-state index is 11.2. The van der Waals surface area contributed by atoms with Crippen LogP contribution in [0.5, 0.6) is 0 Å². The van der Waals surface area contributed by atoms with E-state index < -0.39 is 0 Å². The number of aryl methyl sites for hydroxylation is 2. The van der Waals surface area contributed by atoms with Crippen LogP contribution in [0, 0.1) is 0 Å². The van der Waals surface area contributed by atoms with Gasteiger partial charge in [-0.1, -0.05) is 18.6 Å². The van der Waals surface area contributed by atoms with Crippen molar-refractivity contribution in [3.63, 3.8) is 0 Å². The van der Waals surface area contributed by atoms with E-state index in [0.29, 0.717) is 0 Å². The van der Waals surface area contributed by atoms with Gasteiger partial charge >= 0.3 is 0 Å². The molecule has 1 heteroatoms. The molecule has 0 aliphatic heterocycles. The maximum Gasteiger partial charge on any atom is 0.159 e. The van der Waals surface area contributed by atoms with Gasteiger partial charge in [-0.25, -0.2) is 0 Å². The number of carbonyl (C=O) groups excluding carboxylic acids is 1. The van der Waals surface area contributed by atoms with Gasteiger partial charge in [0.1, 0.15) is 0 Å². The Balaban J connectivity index is 2.37. The summed E-state index contributed by atoms with van der Waals surface area (Å²) >= 11 is 0. The molecule has 0 atom stereocenters. The zero-order chi connectivity index (χ0) is 9.97. The molecule has 74 valence electrons. The van der Waals surface area contributed by atoms with Crippen LogP contribution in [0.4, 0.5) is 0 Å². The van der Waals surface area contributed by atoms with Gasteiger partial charge in [-0.2, -0.15) is 0 Å². The van der Waals surface area contributed by atoms with Crippen molar-refractivity contribution in [3.8, 4) is 0 Å². The second kappa shape index (κ2) is 3.95. The number of rotatable bonds is 1. The van der Waals surface area contributed by atoms with Crippen molar-refractivity contribution < 1.29 is 4.79 Å². The largest absolute Gasteiger partial charge is 0.295 e. The summed E-state index contributed by atoms with van der Waals surface area (Å²) in [5.74, 6) is 0.178. The van der Waals surface area contributed by atoms with Crippen molar-refractivity contribution in [2.45, 2.75) is 39.0 Å². The van der Waals surface area contributed by atoms with Crippen LogP contribution in [-0.4, -0.2) is 5.78 Å². The van der Waals surface area contributed by atoms with E-state index in [4.69, 9.17) is 0 Å². The molecule has 0 bridgehead atoms. The molecule has 0 spiro atoms. The Morgan fingerprint density at radius 2 is 1.79 bits per heavy atom. The fourth-order valence-corrected chi connectivity index (χ4v) is 2.13. The number of carbonyl (C=O) groups is 1. The lowest BCUT2D eigenvalue weighted by molar-refractivity contribution is 0.101. The summed E-state index contributed by atoms with van der Waals surface area (Å²) in [7, 11) is 0. The topological polar surface area (TPSA) is 17.1 Å². The Morgan fingerprint density at radius 1 is 1.07 bits per heavy atom. The highest BCUT2D eigenvalue weighted by Gasteiger charge is 2.09. The Labute approximate surface area is 85.1 Å². The predicted molar refractivity (Wildman–Crippen MR) is 57.7 cm³/mol. The number of hydrogen-bond acceptors (Lipinski definition) is 1. The van der Waals surface area contributed by atoms with Gasteiger partial charge in [-0.05, 0) is 49.8 Å². The third-order valence-corrected chi connectivity index (χ3v) is 3.01. The highest BCUT2D eigenvalue weighted by molar-refractivity contribution is 5.94. The van der Waals surface area contributed by atoms with E-state index in [0.717, 1.165) is 12.0 Å². The molecule has 0 aromatic heterocycles. The third-order valence-electron chi connectivity index (χ3n) is 3.01. The number of hydrogen-bond donors (Lipinski definition) is 0.